The van der Waals surface area contributed by atoms with Crippen LogP contribution in [0.25, 0.3) is 0 Å². The normalized spacial score (nSPS) is 20.5. The van der Waals surface area contributed by atoms with Crippen LogP contribution in [0.2, 0.25) is 0 Å². The second-order valence-electron chi connectivity index (χ2n) is 6.76. The molecule has 4 rings (SSSR count). The number of likely N-dealkylation sites (tertiary alicyclic amines) is 1. The van der Waals surface area contributed by atoms with E-state index in [-0.39, 0.29) is 17.9 Å². The van der Waals surface area contributed by atoms with Gasteiger partial charge in [-0.2, -0.15) is 4.98 Å². The second-order valence-corrected chi connectivity index (χ2v) is 6.76. The molecule has 1 saturated carbocycles. The molecular formula is C18H21FN4O2. The van der Waals surface area contributed by atoms with Crippen molar-refractivity contribution in [1.29, 1.82) is 0 Å². The predicted octanol–water partition coefficient (Wildman–Crippen LogP) is 3.52. The lowest BCUT2D eigenvalue weighted by molar-refractivity contribution is 0.131. The Kier molecular flexibility index (Phi) is 4.38. The second kappa shape index (κ2) is 6.82. The number of carbonyl (C=O) groups excluding carboxylic acids is 1. The standard InChI is InChI=1S/C18H21FN4O2/c19-14-8-4-12(5-9-14)11-20-18(24)23-10-2-1-3-15(23)17-21-16(22-25-17)13-6-7-13/h4-5,8-9,13,15H,1-3,6-7,10-11H2,(H,20,24). The molecule has 1 saturated heterocycles. The van der Waals surface area contributed by atoms with Gasteiger partial charge in [-0.05, 0) is 49.8 Å². The van der Waals surface area contributed by atoms with Crippen molar-refractivity contribution in [2.75, 3.05) is 6.54 Å². The Morgan fingerprint density at radius 2 is 2.04 bits per heavy atom. The molecule has 1 N–H and O–H groups in total. The maximum absolute atomic E-state index is 13.0. The largest absolute Gasteiger partial charge is 0.337 e. The van der Waals surface area contributed by atoms with Crippen LogP contribution in [-0.4, -0.2) is 27.6 Å². The number of amides is 2. The number of nitrogens with zero attached hydrogens (tertiary/aromatic N) is 3. The minimum atomic E-state index is -0.283. The molecule has 7 heteroatoms. The number of nitrogens with one attached hydrogen (secondary N) is 1. The van der Waals surface area contributed by atoms with E-state index in [0.717, 1.165) is 43.5 Å². The van der Waals surface area contributed by atoms with Gasteiger partial charge in [-0.1, -0.05) is 17.3 Å². The van der Waals surface area contributed by atoms with Crippen LogP contribution in [0.5, 0.6) is 0 Å². The van der Waals surface area contributed by atoms with Gasteiger partial charge in [0.25, 0.3) is 0 Å². The monoisotopic (exact) mass is 344 g/mol. The summed E-state index contributed by atoms with van der Waals surface area (Å²) in [6.45, 7) is 1.03. The zero-order valence-corrected chi connectivity index (χ0v) is 13.9. The summed E-state index contributed by atoms with van der Waals surface area (Å²) in [5.74, 6) is 1.46. The summed E-state index contributed by atoms with van der Waals surface area (Å²) in [6.07, 6.45) is 5.06. The van der Waals surface area contributed by atoms with Gasteiger partial charge in [-0.25, -0.2) is 9.18 Å². The van der Waals surface area contributed by atoms with Gasteiger partial charge in [-0.3, -0.25) is 0 Å². The van der Waals surface area contributed by atoms with E-state index in [0.29, 0.717) is 24.9 Å². The fourth-order valence-electron chi connectivity index (χ4n) is 3.20. The Morgan fingerprint density at radius 1 is 1.24 bits per heavy atom. The van der Waals surface area contributed by atoms with Crippen molar-refractivity contribution in [1.82, 2.24) is 20.4 Å². The van der Waals surface area contributed by atoms with E-state index >= 15 is 0 Å². The molecule has 1 aliphatic carbocycles. The summed E-state index contributed by atoms with van der Waals surface area (Å²) in [7, 11) is 0. The van der Waals surface area contributed by atoms with Crippen LogP contribution in [0.3, 0.4) is 0 Å². The first-order valence-corrected chi connectivity index (χ1v) is 8.83. The van der Waals surface area contributed by atoms with E-state index in [1.807, 2.05) is 0 Å². The number of benzene rings is 1. The quantitative estimate of drug-likeness (QED) is 0.921. The SMILES string of the molecule is O=C(NCc1ccc(F)cc1)N1CCCCC1c1nc(C2CC2)no1. The highest BCUT2D eigenvalue weighted by molar-refractivity contribution is 5.74. The van der Waals surface area contributed by atoms with Crippen molar-refractivity contribution in [3.05, 3.63) is 47.4 Å². The van der Waals surface area contributed by atoms with Crippen LogP contribution in [-0.2, 0) is 6.54 Å². The number of hydrogen-bond donors (Lipinski definition) is 1. The van der Waals surface area contributed by atoms with E-state index in [1.165, 1.54) is 12.1 Å². The maximum atomic E-state index is 13.0. The number of piperidine rings is 1. The summed E-state index contributed by atoms with van der Waals surface area (Å²) >= 11 is 0. The van der Waals surface area contributed by atoms with Crippen LogP contribution in [0.15, 0.2) is 28.8 Å². The van der Waals surface area contributed by atoms with Crippen molar-refractivity contribution in [2.24, 2.45) is 0 Å². The van der Waals surface area contributed by atoms with Crippen molar-refractivity contribution in [2.45, 2.75) is 50.6 Å². The van der Waals surface area contributed by atoms with E-state index < -0.39 is 0 Å². The van der Waals surface area contributed by atoms with Crippen LogP contribution < -0.4 is 5.32 Å². The number of rotatable bonds is 4. The molecule has 0 bridgehead atoms. The molecule has 1 aromatic heterocycles. The molecule has 6 nitrogen and oxygen atoms in total. The molecule has 25 heavy (non-hydrogen) atoms. The van der Waals surface area contributed by atoms with Gasteiger partial charge in [-0.15, -0.1) is 0 Å². The Balaban J connectivity index is 1.42. The zero-order valence-electron chi connectivity index (χ0n) is 13.9. The van der Waals surface area contributed by atoms with Gasteiger partial charge in [0.2, 0.25) is 5.89 Å². The van der Waals surface area contributed by atoms with Gasteiger partial charge in [0.1, 0.15) is 11.9 Å². The average Bonchev–Trinajstić information content (AvgIpc) is 3.38. The first-order valence-electron chi connectivity index (χ1n) is 8.83. The van der Waals surface area contributed by atoms with E-state index in [4.69, 9.17) is 4.52 Å². The number of urea groups is 1. The van der Waals surface area contributed by atoms with Gasteiger partial charge in [0.15, 0.2) is 5.82 Å². The highest BCUT2D eigenvalue weighted by Crippen LogP contribution is 2.39. The van der Waals surface area contributed by atoms with E-state index in [9.17, 15) is 9.18 Å². The first kappa shape index (κ1) is 16.1. The molecule has 1 aliphatic heterocycles. The molecule has 2 amide bonds. The topological polar surface area (TPSA) is 71.3 Å². The Morgan fingerprint density at radius 3 is 2.80 bits per heavy atom. The molecule has 1 unspecified atom stereocenters. The van der Waals surface area contributed by atoms with Crippen LogP contribution in [0, 0.1) is 5.82 Å². The molecule has 2 heterocycles. The van der Waals surface area contributed by atoms with Crippen molar-refractivity contribution < 1.29 is 13.7 Å². The fraction of sp³-hybridized carbons (Fsp3) is 0.500. The molecule has 1 aromatic carbocycles. The predicted molar refractivity (Wildman–Crippen MR) is 88.2 cm³/mol. The molecule has 0 radical (unpaired) electrons. The maximum Gasteiger partial charge on any atom is 0.318 e. The molecule has 2 aromatic rings. The molecular weight excluding hydrogens is 323 g/mol. The van der Waals surface area contributed by atoms with Crippen molar-refractivity contribution in [3.8, 4) is 0 Å². The van der Waals surface area contributed by atoms with E-state index in [1.54, 1.807) is 17.0 Å². The minimum Gasteiger partial charge on any atom is -0.337 e. The third-order valence-electron chi connectivity index (χ3n) is 4.81. The average molecular weight is 344 g/mol. The Labute approximate surface area is 145 Å². The zero-order chi connectivity index (χ0) is 17.2. The van der Waals surface area contributed by atoms with Crippen LogP contribution >= 0.6 is 0 Å². The molecule has 2 fully saturated rings. The Bertz CT molecular complexity index is 742. The lowest BCUT2D eigenvalue weighted by Gasteiger charge is -2.33. The summed E-state index contributed by atoms with van der Waals surface area (Å²) in [6, 6.07) is 5.81. The molecule has 1 atom stereocenters. The van der Waals surface area contributed by atoms with Gasteiger partial charge in [0, 0.05) is 19.0 Å². The number of carbonyl (C=O) groups is 1. The minimum absolute atomic E-state index is 0.153. The third kappa shape index (κ3) is 3.65. The molecule has 2 aliphatic rings. The summed E-state index contributed by atoms with van der Waals surface area (Å²) in [5.41, 5.74) is 0.858. The number of hydrogen-bond acceptors (Lipinski definition) is 4. The summed E-state index contributed by atoms with van der Waals surface area (Å²) < 4.78 is 18.4. The van der Waals surface area contributed by atoms with E-state index in [2.05, 4.69) is 15.5 Å². The van der Waals surface area contributed by atoms with Crippen LogP contribution in [0.4, 0.5) is 9.18 Å². The molecule has 132 valence electrons. The van der Waals surface area contributed by atoms with Gasteiger partial charge >= 0.3 is 6.03 Å². The Hall–Kier alpha value is -2.44. The van der Waals surface area contributed by atoms with Crippen molar-refractivity contribution in [3.63, 3.8) is 0 Å². The summed E-state index contributed by atoms with van der Waals surface area (Å²) in [4.78, 5) is 18.9. The fourth-order valence-corrected chi connectivity index (χ4v) is 3.20. The lowest BCUT2D eigenvalue weighted by atomic mass is 10.0. The highest BCUT2D eigenvalue weighted by atomic mass is 19.1. The third-order valence-corrected chi connectivity index (χ3v) is 4.81. The first-order chi connectivity index (χ1) is 12.2. The van der Waals surface area contributed by atoms with Crippen LogP contribution in [0.1, 0.15) is 61.3 Å². The van der Waals surface area contributed by atoms with Gasteiger partial charge in [0.05, 0.1) is 0 Å². The summed E-state index contributed by atoms with van der Waals surface area (Å²) in [5, 5.41) is 6.97. The van der Waals surface area contributed by atoms with Gasteiger partial charge < -0.3 is 14.7 Å². The smallest absolute Gasteiger partial charge is 0.318 e. The highest BCUT2D eigenvalue weighted by Gasteiger charge is 2.34. The lowest BCUT2D eigenvalue weighted by Crippen LogP contribution is -2.44. The molecule has 0 spiro atoms. The number of halogens is 1. The van der Waals surface area contributed by atoms with Crippen molar-refractivity contribution >= 4 is 6.03 Å². The number of aromatic nitrogens is 2.